The fourth-order valence-electron chi connectivity index (χ4n) is 2.56. The molecule has 24 heavy (non-hydrogen) atoms. The normalized spacial score (nSPS) is 11.0. The van der Waals surface area contributed by atoms with E-state index in [1.54, 1.807) is 13.0 Å². The average Bonchev–Trinajstić information content (AvgIpc) is 2.53. The van der Waals surface area contributed by atoms with Gasteiger partial charge in [-0.25, -0.2) is 4.79 Å². The van der Waals surface area contributed by atoms with Gasteiger partial charge in [-0.3, -0.25) is 4.79 Å². The number of rotatable bonds is 3. The fraction of sp³-hybridized carbons (Fsp3) is 0.222. The lowest BCUT2D eigenvalue weighted by Gasteiger charge is -2.11. The van der Waals surface area contributed by atoms with Crippen LogP contribution < -0.4 is 15.8 Å². The highest BCUT2D eigenvalue weighted by molar-refractivity contribution is 5.85. The van der Waals surface area contributed by atoms with Crippen molar-refractivity contribution in [3.8, 4) is 11.5 Å². The van der Waals surface area contributed by atoms with Gasteiger partial charge in [0, 0.05) is 23.1 Å². The molecule has 0 radical (unpaired) electrons. The fourth-order valence-corrected chi connectivity index (χ4v) is 2.56. The van der Waals surface area contributed by atoms with Gasteiger partial charge in [-0.2, -0.15) is 0 Å². The molecule has 0 amide bonds. The molecular weight excluding hydrogens is 312 g/mol. The summed E-state index contributed by atoms with van der Waals surface area (Å²) >= 11 is 0. The molecule has 0 bridgehead atoms. The maximum Gasteiger partial charge on any atom is 0.339 e. The highest BCUT2D eigenvalue weighted by atomic mass is 16.5. The molecule has 1 aromatic carbocycles. The first-order valence-corrected chi connectivity index (χ1v) is 7.35. The SMILES string of the molecule is Cc1c(C)c2c(C)cc(OCc3cc(=O)c(O)co3)cc2oc1=O. The molecule has 0 aliphatic heterocycles. The van der Waals surface area contributed by atoms with Crippen molar-refractivity contribution in [1.29, 1.82) is 0 Å². The largest absolute Gasteiger partial charge is 0.502 e. The van der Waals surface area contributed by atoms with Crippen molar-refractivity contribution in [2.75, 3.05) is 0 Å². The van der Waals surface area contributed by atoms with E-state index in [1.165, 1.54) is 0 Å². The van der Waals surface area contributed by atoms with Crippen LogP contribution in [-0.4, -0.2) is 5.11 Å². The highest BCUT2D eigenvalue weighted by Crippen LogP contribution is 2.28. The van der Waals surface area contributed by atoms with E-state index in [9.17, 15) is 9.59 Å². The number of aryl methyl sites for hydroxylation is 2. The number of hydrogen-bond donors (Lipinski definition) is 1. The lowest BCUT2D eigenvalue weighted by atomic mass is 10.0. The highest BCUT2D eigenvalue weighted by Gasteiger charge is 2.12. The van der Waals surface area contributed by atoms with E-state index in [-0.39, 0.29) is 18.0 Å². The molecule has 6 nitrogen and oxygen atoms in total. The van der Waals surface area contributed by atoms with E-state index < -0.39 is 11.2 Å². The second kappa shape index (κ2) is 5.88. The van der Waals surface area contributed by atoms with Crippen molar-refractivity contribution in [2.24, 2.45) is 0 Å². The van der Waals surface area contributed by atoms with Gasteiger partial charge in [-0.15, -0.1) is 0 Å². The predicted octanol–water partition coefficient (Wildman–Crippen LogP) is 2.96. The molecule has 0 saturated heterocycles. The summed E-state index contributed by atoms with van der Waals surface area (Å²) in [6, 6.07) is 4.62. The quantitative estimate of drug-likeness (QED) is 0.743. The number of fused-ring (bicyclic) bond motifs is 1. The van der Waals surface area contributed by atoms with E-state index in [4.69, 9.17) is 18.7 Å². The summed E-state index contributed by atoms with van der Waals surface area (Å²) in [4.78, 5) is 23.2. The Morgan fingerprint density at radius 2 is 1.83 bits per heavy atom. The molecule has 1 N–H and O–H groups in total. The minimum atomic E-state index is -0.536. The second-order valence-electron chi connectivity index (χ2n) is 5.64. The Bertz CT molecular complexity index is 1040. The molecule has 0 saturated carbocycles. The van der Waals surface area contributed by atoms with Gasteiger partial charge < -0.3 is 18.7 Å². The lowest BCUT2D eigenvalue weighted by molar-refractivity contribution is 0.263. The zero-order valence-electron chi connectivity index (χ0n) is 13.5. The zero-order chi connectivity index (χ0) is 17.4. The van der Waals surface area contributed by atoms with Crippen molar-refractivity contribution in [3.05, 3.63) is 67.6 Å². The molecule has 3 aromatic rings. The molecule has 0 aliphatic rings. The Morgan fingerprint density at radius 1 is 1.08 bits per heavy atom. The van der Waals surface area contributed by atoms with E-state index in [0.29, 0.717) is 16.9 Å². The Kier molecular flexibility index (Phi) is 3.89. The molecule has 3 rings (SSSR count). The molecular formula is C18H16O6. The summed E-state index contributed by atoms with van der Waals surface area (Å²) in [6.07, 6.45) is 0.970. The smallest absolute Gasteiger partial charge is 0.339 e. The first kappa shape index (κ1) is 15.9. The van der Waals surface area contributed by atoms with Crippen LogP contribution >= 0.6 is 0 Å². The third-order valence-electron chi connectivity index (χ3n) is 3.97. The Morgan fingerprint density at radius 3 is 2.54 bits per heavy atom. The summed E-state index contributed by atoms with van der Waals surface area (Å²) in [7, 11) is 0. The molecule has 0 unspecified atom stereocenters. The van der Waals surface area contributed by atoms with E-state index >= 15 is 0 Å². The van der Waals surface area contributed by atoms with Crippen LogP contribution in [0.5, 0.6) is 11.5 Å². The lowest BCUT2D eigenvalue weighted by Crippen LogP contribution is -2.07. The minimum absolute atomic E-state index is 0.00947. The number of ether oxygens (including phenoxy) is 1. The Labute approximate surface area is 136 Å². The number of aromatic hydroxyl groups is 1. The molecule has 124 valence electrons. The van der Waals surface area contributed by atoms with Gasteiger partial charge in [0.25, 0.3) is 0 Å². The first-order valence-electron chi connectivity index (χ1n) is 7.35. The maximum atomic E-state index is 11.8. The molecule has 6 heteroatoms. The van der Waals surface area contributed by atoms with Crippen molar-refractivity contribution < 1.29 is 18.7 Å². The topological polar surface area (TPSA) is 89.9 Å². The van der Waals surface area contributed by atoms with Gasteiger partial charge in [0.2, 0.25) is 5.43 Å². The Balaban J connectivity index is 1.96. The van der Waals surface area contributed by atoms with Crippen molar-refractivity contribution in [1.82, 2.24) is 0 Å². The third kappa shape index (κ3) is 2.78. The monoisotopic (exact) mass is 328 g/mol. The van der Waals surface area contributed by atoms with Gasteiger partial charge in [0.1, 0.15) is 30.0 Å². The molecule has 2 heterocycles. The van der Waals surface area contributed by atoms with Gasteiger partial charge in [0.15, 0.2) is 5.75 Å². The summed E-state index contributed by atoms with van der Waals surface area (Å²) < 4.78 is 16.0. The molecule has 0 aliphatic carbocycles. The maximum absolute atomic E-state index is 11.8. The van der Waals surface area contributed by atoms with Crippen LogP contribution in [0.1, 0.15) is 22.5 Å². The standard InChI is InChI=1S/C18H16O6/c1-9-4-12(22-7-13-5-14(19)15(20)8-23-13)6-16-17(9)10(2)11(3)18(21)24-16/h4-6,8,20H,7H2,1-3H3. The van der Waals surface area contributed by atoms with Crippen molar-refractivity contribution >= 4 is 11.0 Å². The third-order valence-corrected chi connectivity index (χ3v) is 3.97. The molecule has 0 atom stereocenters. The van der Waals surface area contributed by atoms with E-state index in [1.807, 2.05) is 19.9 Å². The van der Waals surface area contributed by atoms with Crippen LogP contribution in [-0.2, 0) is 6.61 Å². The van der Waals surface area contributed by atoms with Crippen LogP contribution in [0.4, 0.5) is 0 Å². The van der Waals surface area contributed by atoms with Crippen LogP contribution in [0, 0.1) is 20.8 Å². The van der Waals surface area contributed by atoms with Crippen LogP contribution in [0.3, 0.4) is 0 Å². The van der Waals surface area contributed by atoms with Gasteiger partial charge >= 0.3 is 5.63 Å². The van der Waals surface area contributed by atoms with E-state index in [2.05, 4.69) is 0 Å². The molecule has 2 aromatic heterocycles. The summed E-state index contributed by atoms with van der Waals surface area (Å²) in [6.45, 7) is 5.53. The average molecular weight is 328 g/mol. The summed E-state index contributed by atoms with van der Waals surface area (Å²) in [5.41, 5.74) is 1.93. The summed E-state index contributed by atoms with van der Waals surface area (Å²) in [5.74, 6) is 0.312. The minimum Gasteiger partial charge on any atom is -0.502 e. The van der Waals surface area contributed by atoms with Crippen molar-refractivity contribution in [2.45, 2.75) is 27.4 Å². The van der Waals surface area contributed by atoms with Crippen LogP contribution in [0.2, 0.25) is 0 Å². The zero-order valence-corrected chi connectivity index (χ0v) is 13.5. The Hall–Kier alpha value is -3.02. The van der Waals surface area contributed by atoms with Gasteiger partial charge in [0.05, 0.1) is 0 Å². The van der Waals surface area contributed by atoms with Crippen LogP contribution in [0.15, 0.2) is 42.9 Å². The number of hydrogen-bond acceptors (Lipinski definition) is 6. The van der Waals surface area contributed by atoms with E-state index in [0.717, 1.165) is 28.8 Å². The first-order chi connectivity index (χ1) is 11.4. The van der Waals surface area contributed by atoms with Gasteiger partial charge in [-0.1, -0.05) is 0 Å². The molecule has 0 spiro atoms. The van der Waals surface area contributed by atoms with Gasteiger partial charge in [-0.05, 0) is 38.0 Å². The number of benzene rings is 1. The van der Waals surface area contributed by atoms with Crippen LogP contribution in [0.25, 0.3) is 11.0 Å². The summed E-state index contributed by atoms with van der Waals surface area (Å²) in [5, 5.41) is 10.1. The van der Waals surface area contributed by atoms with Crippen molar-refractivity contribution in [3.63, 3.8) is 0 Å². The second-order valence-corrected chi connectivity index (χ2v) is 5.64. The molecule has 0 fully saturated rings. The predicted molar refractivity (Wildman–Crippen MR) is 87.7 cm³/mol.